The molecule has 0 spiro atoms. The molecule has 5 N–H and O–H groups in total. The summed E-state index contributed by atoms with van der Waals surface area (Å²) >= 11 is 0. The summed E-state index contributed by atoms with van der Waals surface area (Å²) in [4.78, 5) is 47.8. The zero-order chi connectivity index (χ0) is 28.9. The van der Waals surface area contributed by atoms with Gasteiger partial charge in [-0.2, -0.15) is 4.98 Å². The molecule has 1 unspecified atom stereocenters. The predicted octanol–water partition coefficient (Wildman–Crippen LogP) is 1.95. The Morgan fingerprint density at radius 2 is 1.66 bits per heavy atom. The van der Waals surface area contributed by atoms with Crippen molar-refractivity contribution in [1.82, 2.24) is 24.3 Å². The fraction of sp³-hybridized carbons (Fsp3) is 0.586. The Morgan fingerprint density at radius 3 is 2.17 bits per heavy atom. The van der Waals surface area contributed by atoms with Crippen LogP contribution in [0.2, 0.25) is 0 Å². The maximum absolute atomic E-state index is 12.8. The first-order valence-electron chi connectivity index (χ1n) is 14.2. The van der Waals surface area contributed by atoms with Gasteiger partial charge in [0.15, 0.2) is 0 Å². The molecule has 1 atom stereocenters. The van der Waals surface area contributed by atoms with E-state index in [1.165, 1.54) is 10.1 Å². The number of nitrogens with zero attached hydrogens (tertiary/aromatic N) is 5. The number of carbonyl (C=O) groups is 2. The summed E-state index contributed by atoms with van der Waals surface area (Å²) in [6, 6.07) is 9.64. The van der Waals surface area contributed by atoms with E-state index in [1.54, 1.807) is 35.9 Å². The summed E-state index contributed by atoms with van der Waals surface area (Å²) in [5.74, 6) is 0.0453. The molecule has 3 saturated carbocycles. The lowest BCUT2D eigenvalue weighted by Gasteiger charge is -2.73. The smallest absolute Gasteiger partial charge is 0.338 e. The van der Waals surface area contributed by atoms with Gasteiger partial charge < -0.3 is 21.3 Å². The summed E-state index contributed by atoms with van der Waals surface area (Å²) in [5.41, 5.74) is 13.1. The normalized spacial score (nSPS) is 24.2. The van der Waals surface area contributed by atoms with Gasteiger partial charge in [-0.05, 0) is 76.8 Å². The van der Waals surface area contributed by atoms with E-state index >= 15 is 0 Å². The Balaban J connectivity index is 0.00000387. The number of carbonyl (C=O) groups excluding carboxylic acids is 2. The van der Waals surface area contributed by atoms with Crippen molar-refractivity contribution in [3.63, 3.8) is 0 Å². The number of anilines is 1. The minimum Gasteiger partial charge on any atom is -0.338 e. The molecule has 6 rings (SSSR count). The average Bonchev–Trinajstić information content (AvgIpc) is 2.87. The SMILES string of the molecule is CCN(C(C)Cc1ccc(-n2ccc(NC(=O)N3CCN(C(=O)C(C)(C)N)CC3)nc2=O)cc1)C12CC(N)(C1)C2.Cl. The van der Waals surface area contributed by atoms with Crippen molar-refractivity contribution in [3.8, 4) is 5.69 Å². The molecule has 12 heteroatoms. The Labute approximate surface area is 247 Å². The molecule has 1 saturated heterocycles. The molecule has 3 amide bonds. The van der Waals surface area contributed by atoms with Crippen LogP contribution in [-0.2, 0) is 11.2 Å². The van der Waals surface area contributed by atoms with Crippen LogP contribution in [0, 0.1) is 0 Å². The number of piperazine rings is 1. The molecular formula is C29H43ClN8O3. The van der Waals surface area contributed by atoms with Crippen LogP contribution in [0.15, 0.2) is 41.3 Å². The first-order chi connectivity index (χ1) is 18.8. The number of benzene rings is 1. The molecule has 224 valence electrons. The largest absolute Gasteiger partial charge is 0.354 e. The molecule has 1 aromatic heterocycles. The van der Waals surface area contributed by atoms with Crippen molar-refractivity contribution in [2.24, 2.45) is 11.5 Å². The highest BCUT2D eigenvalue weighted by Crippen LogP contribution is 2.62. The lowest BCUT2D eigenvalue weighted by atomic mass is 9.43. The van der Waals surface area contributed by atoms with Crippen LogP contribution in [0.4, 0.5) is 10.6 Å². The van der Waals surface area contributed by atoms with E-state index < -0.39 is 11.2 Å². The minimum absolute atomic E-state index is 0. The van der Waals surface area contributed by atoms with E-state index in [-0.39, 0.29) is 35.7 Å². The highest BCUT2D eigenvalue weighted by Gasteiger charge is 2.68. The number of hydrogen-bond donors (Lipinski definition) is 3. The van der Waals surface area contributed by atoms with Crippen molar-refractivity contribution < 1.29 is 9.59 Å². The number of nitrogens with one attached hydrogen (secondary N) is 1. The average molecular weight is 587 g/mol. The third-order valence-electron chi connectivity index (χ3n) is 8.71. The summed E-state index contributed by atoms with van der Waals surface area (Å²) in [6.07, 6.45) is 5.86. The predicted molar refractivity (Wildman–Crippen MR) is 162 cm³/mol. The second-order valence-corrected chi connectivity index (χ2v) is 12.5. The van der Waals surface area contributed by atoms with E-state index in [1.807, 2.05) is 12.1 Å². The molecule has 11 nitrogen and oxygen atoms in total. The lowest BCUT2D eigenvalue weighted by molar-refractivity contribution is -0.172. The molecule has 2 bridgehead atoms. The lowest BCUT2D eigenvalue weighted by Crippen LogP contribution is -2.83. The fourth-order valence-corrected chi connectivity index (χ4v) is 6.85. The first-order valence-corrected chi connectivity index (χ1v) is 14.2. The number of hydrogen-bond acceptors (Lipinski definition) is 7. The van der Waals surface area contributed by atoms with Gasteiger partial charge in [0.2, 0.25) is 5.91 Å². The number of rotatable bonds is 8. The van der Waals surface area contributed by atoms with Crippen LogP contribution >= 0.6 is 12.4 Å². The number of amides is 3. The van der Waals surface area contributed by atoms with Gasteiger partial charge in [0.05, 0.1) is 11.2 Å². The molecular weight excluding hydrogens is 544 g/mol. The van der Waals surface area contributed by atoms with Gasteiger partial charge in [0, 0.05) is 49.5 Å². The molecule has 1 aliphatic heterocycles. The number of urea groups is 1. The van der Waals surface area contributed by atoms with Crippen LogP contribution in [-0.4, -0.2) is 91.6 Å². The summed E-state index contributed by atoms with van der Waals surface area (Å²) in [7, 11) is 0. The van der Waals surface area contributed by atoms with Crippen molar-refractivity contribution in [2.45, 2.75) is 76.0 Å². The Morgan fingerprint density at radius 1 is 1.07 bits per heavy atom. The van der Waals surface area contributed by atoms with E-state index in [0.717, 1.165) is 32.2 Å². The van der Waals surface area contributed by atoms with Crippen molar-refractivity contribution in [1.29, 1.82) is 0 Å². The summed E-state index contributed by atoms with van der Waals surface area (Å²) < 4.78 is 1.46. The molecule has 1 aromatic carbocycles. The zero-order valence-corrected chi connectivity index (χ0v) is 25.2. The topological polar surface area (TPSA) is 143 Å². The fourth-order valence-electron chi connectivity index (χ4n) is 6.85. The van der Waals surface area contributed by atoms with Crippen molar-refractivity contribution in [3.05, 3.63) is 52.6 Å². The maximum atomic E-state index is 12.8. The number of likely N-dealkylation sites (N-methyl/N-ethyl adjacent to an activating group) is 1. The van der Waals surface area contributed by atoms with Gasteiger partial charge in [-0.25, -0.2) is 9.59 Å². The van der Waals surface area contributed by atoms with Crippen molar-refractivity contribution >= 4 is 30.2 Å². The number of halogens is 1. The van der Waals surface area contributed by atoms with Crippen LogP contribution in [0.1, 0.15) is 52.5 Å². The van der Waals surface area contributed by atoms with E-state index in [0.29, 0.717) is 43.4 Å². The Kier molecular flexibility index (Phi) is 8.57. The molecule has 4 fully saturated rings. The quantitative estimate of drug-likeness (QED) is 0.429. The van der Waals surface area contributed by atoms with Gasteiger partial charge in [-0.15, -0.1) is 12.4 Å². The van der Waals surface area contributed by atoms with Crippen molar-refractivity contribution in [2.75, 3.05) is 38.0 Å². The summed E-state index contributed by atoms with van der Waals surface area (Å²) in [5, 5.41) is 2.70. The van der Waals surface area contributed by atoms with E-state index in [9.17, 15) is 14.4 Å². The molecule has 41 heavy (non-hydrogen) atoms. The monoisotopic (exact) mass is 586 g/mol. The highest BCUT2D eigenvalue weighted by atomic mass is 35.5. The van der Waals surface area contributed by atoms with Crippen LogP contribution in [0.5, 0.6) is 0 Å². The maximum Gasteiger partial charge on any atom is 0.354 e. The van der Waals surface area contributed by atoms with E-state index in [2.05, 4.69) is 41.2 Å². The first kappa shape index (κ1) is 31.0. The van der Waals surface area contributed by atoms with E-state index in [4.69, 9.17) is 11.5 Å². The molecule has 0 radical (unpaired) electrons. The third kappa shape index (κ3) is 6.13. The van der Waals surface area contributed by atoms with Gasteiger partial charge in [0.25, 0.3) is 0 Å². The standard InChI is InChI=1S/C29H42N8O3.ClH/c1-5-37(29-17-28(31,18-29)19-29)20(2)16-21-6-8-22(9-7-21)36-11-10-23(33-26(36)40)32-25(39)35-14-12-34(13-15-35)24(38)27(3,4)30;/h6-11,20H,5,12-19,30-31H2,1-4H3,(H,32,33,39,40);1H. The Bertz CT molecular complexity index is 1310. The van der Waals surface area contributed by atoms with Gasteiger partial charge in [-0.3, -0.25) is 19.6 Å². The summed E-state index contributed by atoms with van der Waals surface area (Å²) in [6.45, 7) is 10.4. The van der Waals surface area contributed by atoms with Gasteiger partial charge >= 0.3 is 11.7 Å². The molecule has 3 aliphatic carbocycles. The molecule has 2 heterocycles. The van der Waals surface area contributed by atoms with Crippen LogP contribution < -0.4 is 22.5 Å². The number of nitrogens with two attached hydrogens (primary N) is 2. The number of aromatic nitrogens is 2. The van der Waals surface area contributed by atoms with Gasteiger partial charge in [0.1, 0.15) is 5.82 Å². The van der Waals surface area contributed by atoms with Crippen LogP contribution in [0.25, 0.3) is 5.69 Å². The second kappa shape index (κ2) is 11.4. The zero-order valence-electron chi connectivity index (χ0n) is 24.4. The minimum atomic E-state index is -0.947. The Hall–Kier alpha value is -2.99. The highest BCUT2D eigenvalue weighted by molar-refractivity contribution is 5.89. The van der Waals surface area contributed by atoms with Crippen LogP contribution in [0.3, 0.4) is 0 Å². The third-order valence-corrected chi connectivity index (χ3v) is 8.71. The molecule has 4 aliphatic rings. The van der Waals surface area contributed by atoms with Gasteiger partial charge in [-0.1, -0.05) is 19.1 Å². The molecule has 2 aromatic rings. The second-order valence-electron chi connectivity index (χ2n) is 12.5.